The topological polar surface area (TPSA) is 94.1 Å². The maximum Gasteiger partial charge on any atom is 0.336 e. The van der Waals surface area contributed by atoms with E-state index in [0.717, 1.165) is 30.4 Å². The Hall–Kier alpha value is -2.77. The molecule has 7 nitrogen and oxygen atoms in total. The van der Waals surface area contributed by atoms with Crippen LogP contribution in [0.2, 0.25) is 5.02 Å². The molecule has 0 spiro atoms. The molecule has 1 unspecified atom stereocenters. The minimum absolute atomic E-state index is 0.202. The van der Waals surface area contributed by atoms with Crippen molar-refractivity contribution in [3.05, 3.63) is 58.1 Å². The predicted octanol–water partition coefficient (Wildman–Crippen LogP) is 4.78. The van der Waals surface area contributed by atoms with Crippen LogP contribution < -0.4 is 14.8 Å². The average Bonchev–Trinajstić information content (AvgIpc) is 3.51. The SMILES string of the molecule is COc1ccc(CC2(C(=O)O)CCCO2)cc1CNC(=O)c1ccc(OC2CCCC2)cc1Cl. The Kier molecular flexibility index (Phi) is 7.63. The van der Waals surface area contributed by atoms with Crippen LogP contribution in [0.4, 0.5) is 0 Å². The first-order chi connectivity index (χ1) is 16.4. The Labute approximate surface area is 204 Å². The summed E-state index contributed by atoms with van der Waals surface area (Å²) in [6.45, 7) is 0.643. The smallest absolute Gasteiger partial charge is 0.336 e. The quantitative estimate of drug-likeness (QED) is 0.529. The van der Waals surface area contributed by atoms with Gasteiger partial charge in [0.15, 0.2) is 5.60 Å². The number of benzene rings is 2. The van der Waals surface area contributed by atoms with Crippen molar-refractivity contribution in [1.29, 1.82) is 0 Å². The van der Waals surface area contributed by atoms with Gasteiger partial charge in [-0.2, -0.15) is 0 Å². The first kappa shape index (κ1) is 24.4. The third-order valence-corrected chi connectivity index (χ3v) is 6.87. The lowest BCUT2D eigenvalue weighted by Gasteiger charge is -2.24. The number of ether oxygens (including phenoxy) is 3. The van der Waals surface area contributed by atoms with Crippen molar-refractivity contribution in [3.63, 3.8) is 0 Å². The van der Waals surface area contributed by atoms with Gasteiger partial charge < -0.3 is 24.6 Å². The largest absolute Gasteiger partial charge is 0.496 e. The van der Waals surface area contributed by atoms with Crippen LogP contribution in [0.1, 0.15) is 60.0 Å². The van der Waals surface area contributed by atoms with Crippen molar-refractivity contribution in [3.8, 4) is 11.5 Å². The molecule has 1 aliphatic carbocycles. The van der Waals surface area contributed by atoms with E-state index in [9.17, 15) is 14.7 Å². The summed E-state index contributed by atoms with van der Waals surface area (Å²) in [5.41, 5.74) is 0.704. The van der Waals surface area contributed by atoms with Crippen molar-refractivity contribution in [1.82, 2.24) is 5.32 Å². The molecule has 0 bridgehead atoms. The van der Waals surface area contributed by atoms with E-state index in [2.05, 4.69) is 5.32 Å². The molecule has 34 heavy (non-hydrogen) atoms. The summed E-state index contributed by atoms with van der Waals surface area (Å²) in [4.78, 5) is 24.7. The van der Waals surface area contributed by atoms with Gasteiger partial charge in [0, 0.05) is 25.1 Å². The second kappa shape index (κ2) is 10.7. The normalized spacial score (nSPS) is 20.3. The van der Waals surface area contributed by atoms with Gasteiger partial charge >= 0.3 is 5.97 Å². The molecule has 2 aromatic rings. The zero-order chi connectivity index (χ0) is 24.1. The molecule has 1 atom stereocenters. The number of carboxylic acids is 1. The zero-order valence-electron chi connectivity index (χ0n) is 19.3. The molecule has 1 aliphatic heterocycles. The highest BCUT2D eigenvalue weighted by Gasteiger charge is 2.43. The van der Waals surface area contributed by atoms with Gasteiger partial charge in [-0.05, 0) is 68.4 Å². The van der Waals surface area contributed by atoms with Crippen LogP contribution in [0, 0.1) is 0 Å². The molecule has 1 saturated carbocycles. The minimum atomic E-state index is -1.20. The van der Waals surface area contributed by atoms with Crippen molar-refractivity contribution >= 4 is 23.5 Å². The average molecular weight is 488 g/mol. The lowest BCUT2D eigenvalue weighted by Crippen LogP contribution is -2.40. The minimum Gasteiger partial charge on any atom is -0.496 e. The van der Waals surface area contributed by atoms with Crippen LogP contribution in [0.5, 0.6) is 11.5 Å². The van der Waals surface area contributed by atoms with E-state index in [0.29, 0.717) is 35.1 Å². The second-order valence-corrected chi connectivity index (χ2v) is 9.33. The number of methoxy groups -OCH3 is 1. The number of carbonyl (C=O) groups excluding carboxylic acids is 1. The highest BCUT2D eigenvalue weighted by molar-refractivity contribution is 6.34. The van der Waals surface area contributed by atoms with E-state index in [1.807, 2.05) is 12.1 Å². The van der Waals surface area contributed by atoms with Crippen LogP contribution in [-0.4, -0.2) is 42.4 Å². The molecule has 1 heterocycles. The Morgan fingerprint density at radius 2 is 1.97 bits per heavy atom. The summed E-state index contributed by atoms with van der Waals surface area (Å²) in [5, 5.41) is 12.9. The summed E-state index contributed by atoms with van der Waals surface area (Å²) >= 11 is 6.38. The van der Waals surface area contributed by atoms with Crippen LogP contribution in [0.25, 0.3) is 0 Å². The molecular weight excluding hydrogens is 458 g/mol. The Morgan fingerprint density at radius 3 is 2.62 bits per heavy atom. The molecule has 2 aromatic carbocycles. The molecule has 0 radical (unpaired) electrons. The first-order valence-electron chi connectivity index (χ1n) is 11.7. The number of halogens is 1. The van der Waals surface area contributed by atoms with Gasteiger partial charge in [0.25, 0.3) is 5.91 Å². The number of hydrogen-bond acceptors (Lipinski definition) is 5. The van der Waals surface area contributed by atoms with E-state index in [1.165, 1.54) is 12.8 Å². The second-order valence-electron chi connectivity index (χ2n) is 8.92. The van der Waals surface area contributed by atoms with Crippen molar-refractivity contribution in [2.45, 2.75) is 63.2 Å². The molecule has 0 aromatic heterocycles. The number of aliphatic carboxylic acids is 1. The van der Waals surface area contributed by atoms with E-state index >= 15 is 0 Å². The van der Waals surface area contributed by atoms with Gasteiger partial charge in [0.1, 0.15) is 11.5 Å². The number of carbonyl (C=O) groups is 2. The van der Waals surface area contributed by atoms with Crippen molar-refractivity contribution < 1.29 is 28.9 Å². The van der Waals surface area contributed by atoms with E-state index in [1.54, 1.807) is 31.4 Å². The van der Waals surface area contributed by atoms with Gasteiger partial charge in [-0.1, -0.05) is 23.7 Å². The maximum atomic E-state index is 12.8. The highest BCUT2D eigenvalue weighted by atomic mass is 35.5. The Morgan fingerprint density at radius 1 is 1.18 bits per heavy atom. The molecule has 182 valence electrons. The summed E-state index contributed by atoms with van der Waals surface area (Å²) in [5.74, 6) is 0.00756. The molecule has 8 heteroatoms. The molecule has 1 amide bonds. The first-order valence-corrected chi connectivity index (χ1v) is 12.1. The zero-order valence-corrected chi connectivity index (χ0v) is 20.0. The summed E-state index contributed by atoms with van der Waals surface area (Å²) in [6.07, 6.45) is 6.09. The van der Waals surface area contributed by atoms with E-state index in [4.69, 9.17) is 25.8 Å². The van der Waals surface area contributed by atoms with Crippen LogP contribution in [0.15, 0.2) is 36.4 Å². The molecule has 2 aliphatic rings. The standard InChI is InChI=1S/C26H30ClNO6/c1-32-23-10-7-17(15-26(25(30)31)11-4-12-33-26)13-18(23)16-28-24(29)21-9-8-20(14-22(21)27)34-19-5-2-3-6-19/h7-10,13-14,19H,2-6,11-12,15-16H2,1H3,(H,28,29)(H,30,31). The number of nitrogens with one attached hydrogen (secondary N) is 1. The van der Waals surface area contributed by atoms with Crippen LogP contribution in [-0.2, 0) is 22.5 Å². The van der Waals surface area contributed by atoms with Gasteiger partial charge in [0.05, 0.1) is 23.8 Å². The highest BCUT2D eigenvalue weighted by Crippen LogP contribution is 2.32. The van der Waals surface area contributed by atoms with Gasteiger partial charge in [-0.25, -0.2) is 4.79 Å². The number of amides is 1. The fraction of sp³-hybridized carbons (Fsp3) is 0.462. The summed E-state index contributed by atoms with van der Waals surface area (Å²) in [6, 6.07) is 10.6. The fourth-order valence-corrected chi connectivity index (χ4v) is 4.97. The third kappa shape index (κ3) is 5.47. The predicted molar refractivity (Wildman–Crippen MR) is 128 cm³/mol. The van der Waals surface area contributed by atoms with Gasteiger partial charge in [-0.3, -0.25) is 4.79 Å². The maximum absolute atomic E-state index is 12.8. The summed E-state index contributed by atoms with van der Waals surface area (Å²) < 4.78 is 17.0. The number of hydrogen-bond donors (Lipinski definition) is 2. The third-order valence-electron chi connectivity index (χ3n) is 6.56. The van der Waals surface area contributed by atoms with Gasteiger partial charge in [-0.15, -0.1) is 0 Å². The molecule has 4 rings (SSSR count). The molecule has 2 N–H and O–H groups in total. The van der Waals surface area contributed by atoms with Crippen molar-refractivity contribution in [2.75, 3.05) is 13.7 Å². The monoisotopic (exact) mass is 487 g/mol. The van der Waals surface area contributed by atoms with Crippen LogP contribution >= 0.6 is 11.6 Å². The van der Waals surface area contributed by atoms with Crippen LogP contribution in [0.3, 0.4) is 0 Å². The van der Waals surface area contributed by atoms with E-state index in [-0.39, 0.29) is 25.0 Å². The lowest BCUT2D eigenvalue weighted by molar-refractivity contribution is -0.159. The Balaban J connectivity index is 1.43. The summed E-state index contributed by atoms with van der Waals surface area (Å²) in [7, 11) is 1.55. The van der Waals surface area contributed by atoms with Crippen molar-refractivity contribution in [2.24, 2.45) is 0 Å². The fourth-order valence-electron chi connectivity index (χ4n) is 4.71. The molecule has 2 fully saturated rings. The lowest BCUT2D eigenvalue weighted by atomic mass is 9.91. The number of carboxylic acid groups (broad SMARTS) is 1. The van der Waals surface area contributed by atoms with Gasteiger partial charge in [0.2, 0.25) is 0 Å². The molecular formula is C26H30ClNO6. The van der Waals surface area contributed by atoms with E-state index < -0.39 is 11.6 Å². The Bertz CT molecular complexity index is 1040. The molecule has 1 saturated heterocycles. The number of rotatable bonds is 9.